The second kappa shape index (κ2) is 4.41. The fourth-order valence-corrected chi connectivity index (χ4v) is 4.77. The smallest absolute Gasteiger partial charge is 0.260 e. The minimum atomic E-state index is 0.817. The Bertz CT molecular complexity index is 1340. The van der Waals surface area contributed by atoms with E-state index < -0.39 is 0 Å². The highest BCUT2D eigenvalue weighted by atomic mass is 32.1. The van der Waals surface area contributed by atoms with Crippen LogP contribution in [0.25, 0.3) is 43.3 Å². The highest BCUT2D eigenvalue weighted by molar-refractivity contribution is 7.16. The Hall–Kier alpha value is -2.85. The molecule has 6 rings (SSSR count). The summed E-state index contributed by atoms with van der Waals surface area (Å²) in [5.74, 6) is 1.72. The first kappa shape index (κ1) is 13.4. The summed E-state index contributed by atoms with van der Waals surface area (Å²) in [5.41, 5.74) is 4.39. The molecule has 4 heteroatoms. The molecule has 120 valence electrons. The van der Waals surface area contributed by atoms with Crippen LogP contribution in [0.15, 0.2) is 52.4 Å². The van der Waals surface area contributed by atoms with Crippen molar-refractivity contribution in [2.75, 3.05) is 0 Å². The third-order valence-corrected chi connectivity index (χ3v) is 5.91. The van der Waals surface area contributed by atoms with Crippen LogP contribution in [-0.4, -0.2) is 0 Å². The monoisotopic (exact) mass is 344 g/mol. The van der Waals surface area contributed by atoms with Gasteiger partial charge in [0.1, 0.15) is 12.8 Å². The van der Waals surface area contributed by atoms with E-state index in [1.54, 1.807) is 11.3 Å². The largest absolute Gasteiger partial charge is 0.446 e. The zero-order chi connectivity index (χ0) is 16.7. The third kappa shape index (κ3) is 1.58. The van der Waals surface area contributed by atoms with Crippen molar-refractivity contribution in [1.82, 2.24) is 0 Å². The SMILES string of the molecule is Cc1ccc2cccc3c2c1-c1c(c2oc4sccc4c2c[n+]1C)O3. The van der Waals surface area contributed by atoms with E-state index in [1.165, 1.54) is 21.9 Å². The molecule has 0 amide bonds. The van der Waals surface area contributed by atoms with Crippen LogP contribution in [0.2, 0.25) is 0 Å². The molecule has 1 aliphatic rings. The molecule has 2 aromatic carbocycles. The number of nitrogens with zero attached hydrogens (tertiary/aromatic N) is 1. The van der Waals surface area contributed by atoms with Crippen molar-refractivity contribution in [3.63, 3.8) is 0 Å². The van der Waals surface area contributed by atoms with Crippen molar-refractivity contribution in [1.29, 1.82) is 0 Å². The molecule has 0 fully saturated rings. The summed E-state index contributed by atoms with van der Waals surface area (Å²) < 4.78 is 14.7. The summed E-state index contributed by atoms with van der Waals surface area (Å²) in [5, 5.41) is 6.69. The standard InChI is InChI=1S/C21H14NO2S/c1-11-6-7-12-4-3-5-15-17(12)16(11)18-20(23-15)19-14(10-22(18)2)13-8-9-25-21(13)24-19/h3-10H,1-2H3/q+1. The van der Waals surface area contributed by atoms with Crippen LogP contribution in [0, 0.1) is 6.92 Å². The summed E-state index contributed by atoms with van der Waals surface area (Å²) in [6.07, 6.45) is 2.16. The van der Waals surface area contributed by atoms with Crippen LogP contribution in [0.4, 0.5) is 0 Å². The lowest BCUT2D eigenvalue weighted by atomic mass is 9.93. The topological polar surface area (TPSA) is 26.2 Å². The lowest BCUT2D eigenvalue weighted by Crippen LogP contribution is -2.32. The molecule has 3 nitrogen and oxygen atoms in total. The fraction of sp³-hybridized carbons (Fsp3) is 0.0952. The van der Waals surface area contributed by atoms with Gasteiger partial charge in [0.15, 0.2) is 16.7 Å². The Morgan fingerprint density at radius 3 is 2.88 bits per heavy atom. The third-order valence-electron chi connectivity index (χ3n) is 5.12. The van der Waals surface area contributed by atoms with Gasteiger partial charge in [-0.05, 0) is 35.4 Å². The van der Waals surface area contributed by atoms with E-state index in [0.717, 1.165) is 38.4 Å². The maximum Gasteiger partial charge on any atom is 0.260 e. The number of pyridine rings is 1. The van der Waals surface area contributed by atoms with Crippen molar-refractivity contribution in [2.45, 2.75) is 6.92 Å². The first-order chi connectivity index (χ1) is 12.2. The average Bonchev–Trinajstić information content (AvgIpc) is 3.20. The van der Waals surface area contributed by atoms with Gasteiger partial charge in [0, 0.05) is 10.8 Å². The highest BCUT2D eigenvalue weighted by Crippen LogP contribution is 2.50. The summed E-state index contributed by atoms with van der Waals surface area (Å²) in [4.78, 5) is 0.945. The van der Waals surface area contributed by atoms with E-state index in [-0.39, 0.29) is 0 Å². The summed E-state index contributed by atoms with van der Waals surface area (Å²) in [6.45, 7) is 2.16. The van der Waals surface area contributed by atoms with Gasteiger partial charge in [-0.25, -0.2) is 0 Å². The Balaban J connectivity index is 1.86. The molecule has 0 unspecified atom stereocenters. The van der Waals surface area contributed by atoms with E-state index in [4.69, 9.17) is 9.15 Å². The van der Waals surface area contributed by atoms with Gasteiger partial charge >= 0.3 is 0 Å². The number of aromatic nitrogens is 1. The van der Waals surface area contributed by atoms with E-state index in [2.05, 4.69) is 54.4 Å². The van der Waals surface area contributed by atoms with Crippen molar-refractivity contribution in [3.8, 4) is 22.8 Å². The van der Waals surface area contributed by atoms with Gasteiger partial charge in [-0.3, -0.25) is 0 Å². The number of thiophene rings is 1. The van der Waals surface area contributed by atoms with Crippen molar-refractivity contribution in [2.24, 2.45) is 7.05 Å². The van der Waals surface area contributed by atoms with Crippen LogP contribution in [0.1, 0.15) is 5.56 Å². The van der Waals surface area contributed by atoms with Gasteiger partial charge in [0.25, 0.3) is 5.69 Å². The molecule has 4 heterocycles. The zero-order valence-electron chi connectivity index (χ0n) is 13.8. The predicted molar refractivity (Wildman–Crippen MR) is 101 cm³/mol. The van der Waals surface area contributed by atoms with Crippen molar-refractivity contribution < 1.29 is 13.7 Å². The Morgan fingerprint density at radius 1 is 1.04 bits per heavy atom. The first-order valence-corrected chi connectivity index (χ1v) is 9.13. The van der Waals surface area contributed by atoms with Gasteiger partial charge in [0.2, 0.25) is 5.75 Å². The van der Waals surface area contributed by atoms with Crippen LogP contribution < -0.4 is 9.30 Å². The van der Waals surface area contributed by atoms with E-state index >= 15 is 0 Å². The van der Waals surface area contributed by atoms with E-state index in [0.29, 0.717) is 0 Å². The second-order valence-electron chi connectivity index (χ2n) is 6.60. The van der Waals surface area contributed by atoms with Crippen LogP contribution >= 0.6 is 11.3 Å². The molecular formula is C21H14NO2S+. The molecular weight excluding hydrogens is 330 g/mol. The predicted octanol–water partition coefficient (Wildman–Crippen LogP) is 5.71. The second-order valence-corrected chi connectivity index (χ2v) is 7.48. The summed E-state index contributed by atoms with van der Waals surface area (Å²) in [7, 11) is 2.08. The van der Waals surface area contributed by atoms with Gasteiger partial charge in [-0.2, -0.15) is 4.57 Å². The molecule has 5 aromatic rings. The molecule has 0 aliphatic carbocycles. The molecule has 0 radical (unpaired) electrons. The number of ether oxygens (including phenoxy) is 1. The maximum absolute atomic E-state index is 6.39. The molecule has 3 aromatic heterocycles. The van der Waals surface area contributed by atoms with E-state index in [1.807, 2.05) is 12.1 Å². The number of fused-ring (bicyclic) bond motifs is 6. The van der Waals surface area contributed by atoms with Gasteiger partial charge in [-0.15, -0.1) is 11.3 Å². The number of rotatable bonds is 0. The quantitative estimate of drug-likeness (QED) is 0.330. The Kier molecular flexibility index (Phi) is 2.37. The fourth-order valence-electron chi connectivity index (χ4n) is 4.00. The van der Waals surface area contributed by atoms with Crippen molar-refractivity contribution >= 4 is 43.4 Å². The minimum absolute atomic E-state index is 0.817. The minimum Gasteiger partial charge on any atom is -0.446 e. The van der Waals surface area contributed by atoms with Gasteiger partial charge in [0.05, 0.1) is 10.9 Å². The molecule has 0 atom stereocenters. The van der Waals surface area contributed by atoms with E-state index in [9.17, 15) is 0 Å². The lowest BCUT2D eigenvalue weighted by molar-refractivity contribution is -0.659. The van der Waals surface area contributed by atoms with Crippen LogP contribution in [-0.2, 0) is 7.05 Å². The molecule has 0 saturated carbocycles. The number of furan rings is 1. The lowest BCUT2D eigenvalue weighted by Gasteiger charge is -2.20. The summed E-state index contributed by atoms with van der Waals surface area (Å²) in [6, 6.07) is 12.7. The maximum atomic E-state index is 6.39. The van der Waals surface area contributed by atoms with Gasteiger partial charge < -0.3 is 9.15 Å². The summed E-state index contributed by atoms with van der Waals surface area (Å²) >= 11 is 1.62. The normalized spacial score (nSPS) is 12.7. The number of hydrogen-bond acceptors (Lipinski definition) is 3. The van der Waals surface area contributed by atoms with Gasteiger partial charge in [-0.1, -0.05) is 24.3 Å². The molecule has 1 aliphatic heterocycles. The number of aryl methyl sites for hydroxylation is 2. The number of hydrogen-bond donors (Lipinski definition) is 0. The molecule has 0 spiro atoms. The number of benzene rings is 2. The van der Waals surface area contributed by atoms with Crippen LogP contribution in [0.3, 0.4) is 0 Å². The Morgan fingerprint density at radius 2 is 1.96 bits per heavy atom. The molecule has 25 heavy (non-hydrogen) atoms. The first-order valence-electron chi connectivity index (χ1n) is 8.25. The van der Waals surface area contributed by atoms with Crippen LogP contribution in [0.5, 0.6) is 11.5 Å². The molecule has 0 saturated heterocycles. The van der Waals surface area contributed by atoms with Crippen molar-refractivity contribution in [3.05, 3.63) is 53.5 Å². The zero-order valence-corrected chi connectivity index (χ0v) is 14.6. The average molecular weight is 344 g/mol. The highest BCUT2D eigenvalue weighted by Gasteiger charge is 2.33. The molecule has 0 N–H and O–H groups in total. The molecule has 0 bridgehead atoms. The Labute approximate surface area is 147 Å².